The molecule has 0 N–H and O–H groups in total. The maximum atomic E-state index is 12.4. The highest BCUT2D eigenvalue weighted by Gasteiger charge is 2.24. The fraction of sp³-hybridized carbons (Fsp3) is 0.516. The molecule has 3 rings (SSSR count). The van der Waals surface area contributed by atoms with Crippen LogP contribution in [0.3, 0.4) is 0 Å². The lowest BCUT2D eigenvalue weighted by Crippen LogP contribution is -2.38. The highest BCUT2D eigenvalue weighted by atomic mass is 32.1. The van der Waals surface area contributed by atoms with Crippen molar-refractivity contribution in [3.63, 3.8) is 0 Å². The lowest BCUT2D eigenvalue weighted by Gasteiger charge is -2.32. The number of methoxy groups -OCH3 is 2. The van der Waals surface area contributed by atoms with E-state index in [0.29, 0.717) is 23.6 Å². The van der Waals surface area contributed by atoms with E-state index in [1.165, 1.54) is 0 Å². The minimum absolute atomic E-state index is 0.0304. The monoisotopic (exact) mass is 582 g/mol. The van der Waals surface area contributed by atoms with Crippen molar-refractivity contribution in [2.24, 2.45) is 0 Å². The number of likely N-dealkylation sites (N-methyl/N-ethyl adjacent to an activating group) is 2. The van der Waals surface area contributed by atoms with Gasteiger partial charge in [-0.15, -0.1) is 11.3 Å². The number of piperidine rings is 1. The molecule has 9 nitrogen and oxygen atoms in total. The van der Waals surface area contributed by atoms with Crippen molar-refractivity contribution in [1.29, 1.82) is 5.26 Å². The number of nitrogens with zero attached hydrogens (tertiary/aromatic N) is 4. The third-order valence-electron chi connectivity index (χ3n) is 7.38. The topological polar surface area (TPSA) is 95.3 Å². The van der Waals surface area contributed by atoms with E-state index >= 15 is 0 Å². The summed E-state index contributed by atoms with van der Waals surface area (Å²) in [5.74, 6) is 0.851. The molecule has 0 aliphatic carbocycles. The first-order valence-corrected chi connectivity index (χ1v) is 15.0. The molecule has 0 spiro atoms. The molecule has 1 aliphatic heterocycles. The summed E-state index contributed by atoms with van der Waals surface area (Å²) >= 11 is 1.62. The first-order valence-electron chi connectivity index (χ1n) is 14.2. The zero-order valence-corrected chi connectivity index (χ0v) is 25.7. The van der Waals surface area contributed by atoms with Gasteiger partial charge >= 0.3 is 5.97 Å². The molecule has 1 amide bonds. The van der Waals surface area contributed by atoms with Gasteiger partial charge in [0.1, 0.15) is 6.10 Å². The number of rotatable bonds is 14. The van der Waals surface area contributed by atoms with Gasteiger partial charge in [0.15, 0.2) is 11.5 Å². The highest BCUT2D eigenvalue weighted by Crippen LogP contribution is 2.34. The Morgan fingerprint density at radius 3 is 2.39 bits per heavy atom. The van der Waals surface area contributed by atoms with Crippen molar-refractivity contribution in [2.75, 3.05) is 65.4 Å². The predicted octanol–water partition coefficient (Wildman–Crippen LogP) is 4.92. The number of esters is 1. The Morgan fingerprint density at radius 1 is 1.05 bits per heavy atom. The Hall–Kier alpha value is -3.55. The van der Waals surface area contributed by atoms with E-state index in [1.807, 2.05) is 18.2 Å². The van der Waals surface area contributed by atoms with Crippen LogP contribution >= 0.6 is 11.3 Å². The SMILES string of the molecule is CCN(CC)CCN(C)C(=O)CCC(=O)OC1CCN(c2ccc(C=C(C#N)c3ccc(OC)c(OC)c3)s2)CC1. The van der Waals surface area contributed by atoms with Crippen LogP contribution in [0.25, 0.3) is 11.6 Å². The van der Waals surface area contributed by atoms with E-state index in [2.05, 4.69) is 35.8 Å². The average molecular weight is 583 g/mol. The van der Waals surface area contributed by atoms with Crippen LogP contribution < -0.4 is 14.4 Å². The fourth-order valence-corrected chi connectivity index (χ4v) is 5.71. The number of hydrogen-bond donors (Lipinski definition) is 0. The van der Waals surface area contributed by atoms with Gasteiger partial charge in [0.2, 0.25) is 5.91 Å². The van der Waals surface area contributed by atoms with Crippen LogP contribution in [0, 0.1) is 11.3 Å². The molecular weight excluding hydrogens is 540 g/mol. The zero-order chi connectivity index (χ0) is 29.8. The van der Waals surface area contributed by atoms with E-state index in [-0.39, 0.29) is 30.8 Å². The molecule has 1 aromatic carbocycles. The van der Waals surface area contributed by atoms with Gasteiger partial charge in [0.25, 0.3) is 0 Å². The molecule has 2 heterocycles. The largest absolute Gasteiger partial charge is 0.493 e. The van der Waals surface area contributed by atoms with E-state index in [1.54, 1.807) is 49.6 Å². The quantitative estimate of drug-likeness (QED) is 0.229. The summed E-state index contributed by atoms with van der Waals surface area (Å²) in [5.41, 5.74) is 1.30. The summed E-state index contributed by atoms with van der Waals surface area (Å²) in [4.78, 5) is 32.1. The van der Waals surface area contributed by atoms with Crippen molar-refractivity contribution in [1.82, 2.24) is 9.80 Å². The molecule has 1 saturated heterocycles. The molecule has 0 unspecified atom stereocenters. The number of carbonyl (C=O) groups excluding carboxylic acids is 2. The number of amides is 1. The molecule has 222 valence electrons. The minimum Gasteiger partial charge on any atom is -0.493 e. The molecule has 0 saturated carbocycles. The Bertz CT molecular complexity index is 1230. The van der Waals surface area contributed by atoms with Crippen molar-refractivity contribution in [3.05, 3.63) is 40.8 Å². The third-order valence-corrected chi connectivity index (χ3v) is 8.47. The second kappa shape index (κ2) is 16.0. The van der Waals surface area contributed by atoms with Gasteiger partial charge < -0.3 is 28.9 Å². The van der Waals surface area contributed by atoms with Crippen molar-refractivity contribution >= 4 is 39.9 Å². The summed E-state index contributed by atoms with van der Waals surface area (Å²) in [6, 6.07) is 11.8. The number of hydrogen-bond acceptors (Lipinski definition) is 9. The Balaban J connectivity index is 1.47. The molecular formula is C31H42N4O5S. The van der Waals surface area contributed by atoms with Gasteiger partial charge in [-0.25, -0.2) is 0 Å². The number of allylic oxidation sites excluding steroid dienone is 1. The normalized spacial score (nSPS) is 14.1. The van der Waals surface area contributed by atoms with Gasteiger partial charge in [-0.05, 0) is 55.1 Å². The van der Waals surface area contributed by atoms with Crippen LogP contribution in [-0.4, -0.2) is 88.3 Å². The lowest BCUT2D eigenvalue weighted by atomic mass is 10.1. The van der Waals surface area contributed by atoms with Crippen molar-refractivity contribution in [2.45, 2.75) is 45.6 Å². The molecule has 0 atom stereocenters. The number of benzene rings is 1. The Kier molecular flexibility index (Phi) is 12.5. The molecule has 2 aromatic rings. The summed E-state index contributed by atoms with van der Waals surface area (Å²) in [7, 11) is 4.94. The van der Waals surface area contributed by atoms with Gasteiger partial charge in [0.05, 0.1) is 37.3 Å². The van der Waals surface area contributed by atoms with E-state index in [9.17, 15) is 14.9 Å². The lowest BCUT2D eigenvalue weighted by molar-refractivity contribution is -0.151. The van der Waals surface area contributed by atoms with Gasteiger partial charge in [-0.3, -0.25) is 9.59 Å². The Labute approximate surface area is 247 Å². The van der Waals surface area contributed by atoms with E-state index < -0.39 is 0 Å². The summed E-state index contributed by atoms with van der Waals surface area (Å²) < 4.78 is 16.4. The number of anilines is 1. The highest BCUT2D eigenvalue weighted by molar-refractivity contribution is 7.17. The number of ether oxygens (including phenoxy) is 3. The van der Waals surface area contributed by atoms with E-state index in [4.69, 9.17) is 14.2 Å². The molecule has 41 heavy (non-hydrogen) atoms. The minimum atomic E-state index is -0.309. The van der Waals surface area contributed by atoms with Gasteiger partial charge in [-0.1, -0.05) is 13.8 Å². The average Bonchev–Trinajstić information content (AvgIpc) is 3.47. The molecule has 1 aromatic heterocycles. The summed E-state index contributed by atoms with van der Waals surface area (Å²) in [5, 5.41) is 10.9. The smallest absolute Gasteiger partial charge is 0.306 e. The van der Waals surface area contributed by atoms with Gasteiger partial charge in [-0.2, -0.15) is 5.26 Å². The van der Waals surface area contributed by atoms with Crippen molar-refractivity contribution in [3.8, 4) is 17.6 Å². The van der Waals surface area contributed by atoms with Crippen LogP contribution in [0.1, 0.15) is 50.0 Å². The van der Waals surface area contributed by atoms with E-state index in [0.717, 1.165) is 61.0 Å². The third kappa shape index (κ3) is 9.23. The number of thiophene rings is 1. The second-order valence-electron chi connectivity index (χ2n) is 9.93. The maximum absolute atomic E-state index is 12.4. The zero-order valence-electron chi connectivity index (χ0n) is 24.9. The summed E-state index contributed by atoms with van der Waals surface area (Å²) in [6.07, 6.45) is 3.50. The van der Waals surface area contributed by atoms with Crippen molar-refractivity contribution < 1.29 is 23.8 Å². The number of carbonyl (C=O) groups is 2. The Morgan fingerprint density at radius 2 is 1.76 bits per heavy atom. The molecule has 0 bridgehead atoms. The standard InChI is InChI=1S/C31H42N4O5S/c1-6-34(7-2)19-18-33(3)29(36)11-13-31(37)40-25-14-16-35(17-15-25)30-12-9-26(41-30)20-24(22-32)23-8-10-27(38-4)28(21-23)39-5/h8-10,12,20-21,25H,6-7,11,13-19H2,1-5H3. The molecule has 1 fully saturated rings. The molecule has 10 heteroatoms. The van der Waals surface area contributed by atoms with Crippen LogP contribution in [0.4, 0.5) is 5.00 Å². The second-order valence-corrected chi connectivity index (χ2v) is 11.0. The summed E-state index contributed by atoms with van der Waals surface area (Å²) in [6.45, 7) is 9.16. The fourth-order valence-electron chi connectivity index (χ4n) is 4.71. The van der Waals surface area contributed by atoms with Crippen LogP contribution in [0.15, 0.2) is 30.3 Å². The van der Waals surface area contributed by atoms with Gasteiger partial charge in [0, 0.05) is 57.4 Å². The molecule has 0 radical (unpaired) electrons. The number of nitriles is 1. The maximum Gasteiger partial charge on any atom is 0.306 e. The first-order chi connectivity index (χ1) is 19.8. The van der Waals surface area contributed by atoms with Crippen LogP contribution in [0.5, 0.6) is 11.5 Å². The predicted molar refractivity (Wildman–Crippen MR) is 163 cm³/mol. The first kappa shape index (κ1) is 32.0. The van der Waals surface area contributed by atoms with Crippen LogP contribution in [0.2, 0.25) is 0 Å². The molecule has 1 aliphatic rings. The van der Waals surface area contributed by atoms with Crippen LogP contribution in [-0.2, 0) is 14.3 Å².